The van der Waals surface area contributed by atoms with Gasteiger partial charge >= 0.3 is 0 Å². The van der Waals surface area contributed by atoms with E-state index in [0.29, 0.717) is 11.4 Å². The van der Waals surface area contributed by atoms with Crippen molar-refractivity contribution in [3.05, 3.63) is 40.9 Å². The van der Waals surface area contributed by atoms with Crippen molar-refractivity contribution in [2.45, 2.75) is 13.3 Å². The van der Waals surface area contributed by atoms with E-state index < -0.39 is 0 Å². The molecule has 1 nitrogen and oxygen atoms in total. The molecule has 68 valence electrons. The van der Waals surface area contributed by atoms with E-state index in [9.17, 15) is 4.79 Å². The first-order valence-electron chi connectivity index (χ1n) is 4.10. The Bertz CT molecular complexity index is 329. The molecule has 0 heterocycles. The van der Waals surface area contributed by atoms with Crippen molar-refractivity contribution in [2.24, 2.45) is 0 Å². The number of hydrogen-bond donors (Lipinski definition) is 0. The number of rotatable bonds is 3. The van der Waals surface area contributed by atoms with Gasteiger partial charge in [-0.05, 0) is 24.6 Å². The molecule has 0 bridgehead atoms. The number of hydrogen-bond acceptors (Lipinski definition) is 1. The highest BCUT2D eigenvalue weighted by atomic mass is 35.5. The highest BCUT2D eigenvalue weighted by Gasteiger charge is 1.89. The summed E-state index contributed by atoms with van der Waals surface area (Å²) >= 11 is 5.79. The van der Waals surface area contributed by atoms with Gasteiger partial charge in [0.25, 0.3) is 0 Å². The maximum Gasteiger partial charge on any atom is 0.133 e. The highest BCUT2D eigenvalue weighted by molar-refractivity contribution is 6.30. The maximum atomic E-state index is 10.6. The quantitative estimate of drug-likeness (QED) is 0.722. The minimum Gasteiger partial charge on any atom is -0.300 e. The van der Waals surface area contributed by atoms with Crippen molar-refractivity contribution < 1.29 is 4.79 Å². The molecule has 1 aromatic rings. The number of benzene rings is 1. The summed E-state index contributed by atoms with van der Waals surface area (Å²) in [5.41, 5.74) is 1.02. The second-order valence-corrected chi connectivity index (χ2v) is 3.30. The van der Waals surface area contributed by atoms with Crippen LogP contribution in [0.4, 0.5) is 0 Å². The van der Waals surface area contributed by atoms with Crippen LogP contribution in [0.15, 0.2) is 30.3 Å². The van der Waals surface area contributed by atoms with Gasteiger partial charge in [-0.15, -0.1) is 0 Å². The molecule has 0 amide bonds. The third kappa shape index (κ3) is 3.90. The van der Waals surface area contributed by atoms with Crippen molar-refractivity contribution in [3.8, 4) is 0 Å². The summed E-state index contributed by atoms with van der Waals surface area (Å²) in [7, 11) is 0. The Balaban J connectivity index is 2.63. The van der Waals surface area contributed by atoms with Gasteiger partial charge in [-0.1, -0.05) is 35.9 Å². The second kappa shape index (κ2) is 4.83. The maximum absolute atomic E-state index is 10.6. The van der Waals surface area contributed by atoms with Gasteiger partial charge < -0.3 is 0 Å². The molecule has 0 N–H and O–H groups in total. The Hall–Kier alpha value is -1.08. The fourth-order valence-electron chi connectivity index (χ4n) is 0.971. The summed E-state index contributed by atoms with van der Waals surface area (Å²) in [4.78, 5) is 10.6. The monoisotopic (exact) mass is 194 g/mol. The molecule has 0 fully saturated rings. The smallest absolute Gasteiger partial charge is 0.133 e. The van der Waals surface area contributed by atoms with E-state index in [1.165, 1.54) is 0 Å². The van der Waals surface area contributed by atoms with Crippen LogP contribution in [-0.2, 0) is 4.79 Å². The number of carbonyl (C=O) groups is 1. The van der Waals surface area contributed by atoms with E-state index >= 15 is 0 Å². The SMILES string of the molecule is CC(=O)C/C=C/c1cccc(Cl)c1. The molecule has 1 rings (SSSR count). The molecule has 0 unspecified atom stereocenters. The van der Waals surface area contributed by atoms with Crippen LogP contribution >= 0.6 is 11.6 Å². The lowest BCUT2D eigenvalue weighted by atomic mass is 10.2. The summed E-state index contributed by atoms with van der Waals surface area (Å²) < 4.78 is 0. The Kier molecular flexibility index (Phi) is 3.71. The van der Waals surface area contributed by atoms with Crippen molar-refractivity contribution in [3.63, 3.8) is 0 Å². The van der Waals surface area contributed by atoms with Crippen molar-refractivity contribution in [1.82, 2.24) is 0 Å². The van der Waals surface area contributed by atoms with Gasteiger partial charge in [0.05, 0.1) is 0 Å². The molecule has 0 aromatic heterocycles. The lowest BCUT2D eigenvalue weighted by molar-refractivity contribution is -0.116. The molecule has 0 atom stereocenters. The Labute approximate surface area is 83.0 Å². The Morgan fingerprint density at radius 2 is 2.31 bits per heavy atom. The van der Waals surface area contributed by atoms with Gasteiger partial charge in [0, 0.05) is 11.4 Å². The first kappa shape index (κ1) is 10.0. The molecule has 0 saturated carbocycles. The van der Waals surface area contributed by atoms with Crippen LogP contribution in [0, 0.1) is 0 Å². The minimum absolute atomic E-state index is 0.165. The first-order chi connectivity index (χ1) is 6.18. The van der Waals surface area contributed by atoms with Crippen LogP contribution < -0.4 is 0 Å². The molecule has 2 heteroatoms. The first-order valence-corrected chi connectivity index (χ1v) is 4.48. The molecule has 0 aliphatic carbocycles. The molecule has 0 spiro atoms. The summed E-state index contributed by atoms with van der Waals surface area (Å²) in [6.45, 7) is 1.57. The van der Waals surface area contributed by atoms with Gasteiger partial charge in [0.15, 0.2) is 0 Å². The molecule has 0 aliphatic rings. The summed E-state index contributed by atoms with van der Waals surface area (Å²) in [5.74, 6) is 0.165. The van der Waals surface area contributed by atoms with E-state index in [1.807, 2.05) is 36.4 Å². The number of halogens is 1. The minimum atomic E-state index is 0.165. The molecular weight excluding hydrogens is 184 g/mol. The zero-order valence-electron chi connectivity index (χ0n) is 7.46. The molecule has 1 aromatic carbocycles. The lowest BCUT2D eigenvalue weighted by Crippen LogP contribution is -1.83. The number of ketones is 1. The molecule has 0 aliphatic heterocycles. The van der Waals surface area contributed by atoms with Crippen molar-refractivity contribution in [2.75, 3.05) is 0 Å². The largest absolute Gasteiger partial charge is 0.300 e. The Morgan fingerprint density at radius 1 is 1.54 bits per heavy atom. The second-order valence-electron chi connectivity index (χ2n) is 2.86. The lowest BCUT2D eigenvalue weighted by Gasteiger charge is -1.93. The van der Waals surface area contributed by atoms with Crippen LogP contribution in [0.5, 0.6) is 0 Å². The third-order valence-corrected chi connectivity index (χ3v) is 1.80. The zero-order valence-corrected chi connectivity index (χ0v) is 8.21. The van der Waals surface area contributed by atoms with Gasteiger partial charge in [-0.25, -0.2) is 0 Å². The molecule has 0 saturated heterocycles. The molecule has 0 radical (unpaired) electrons. The predicted octanol–water partition coefficient (Wildman–Crippen LogP) is 3.33. The molecule has 13 heavy (non-hydrogen) atoms. The number of Topliss-reactive ketones (excluding diaryl/α,β-unsaturated/α-hetero) is 1. The molecular formula is C11H11ClO. The fourth-order valence-corrected chi connectivity index (χ4v) is 1.17. The van der Waals surface area contributed by atoms with Crippen LogP contribution in [0.3, 0.4) is 0 Å². The Morgan fingerprint density at radius 3 is 2.92 bits per heavy atom. The van der Waals surface area contributed by atoms with Gasteiger partial charge in [-0.2, -0.15) is 0 Å². The van der Waals surface area contributed by atoms with E-state index in [0.717, 1.165) is 5.56 Å². The van der Waals surface area contributed by atoms with Crippen LogP contribution in [0.25, 0.3) is 6.08 Å². The number of allylic oxidation sites excluding steroid dienone is 1. The summed E-state index contributed by atoms with van der Waals surface area (Å²) in [6, 6.07) is 7.51. The van der Waals surface area contributed by atoms with Gasteiger partial charge in [0.1, 0.15) is 5.78 Å². The topological polar surface area (TPSA) is 17.1 Å². The van der Waals surface area contributed by atoms with Gasteiger partial charge in [0.2, 0.25) is 0 Å². The van der Waals surface area contributed by atoms with Crippen LogP contribution in [-0.4, -0.2) is 5.78 Å². The van der Waals surface area contributed by atoms with Crippen molar-refractivity contribution in [1.29, 1.82) is 0 Å². The van der Waals surface area contributed by atoms with E-state index in [1.54, 1.807) is 6.92 Å². The average Bonchev–Trinajstić information content (AvgIpc) is 2.03. The predicted molar refractivity (Wildman–Crippen MR) is 55.8 cm³/mol. The van der Waals surface area contributed by atoms with E-state index in [4.69, 9.17) is 11.6 Å². The van der Waals surface area contributed by atoms with Crippen LogP contribution in [0.2, 0.25) is 5.02 Å². The zero-order chi connectivity index (χ0) is 9.68. The fraction of sp³-hybridized carbons (Fsp3) is 0.182. The van der Waals surface area contributed by atoms with E-state index in [-0.39, 0.29) is 5.78 Å². The van der Waals surface area contributed by atoms with Crippen LogP contribution in [0.1, 0.15) is 18.9 Å². The third-order valence-electron chi connectivity index (χ3n) is 1.56. The summed E-state index contributed by atoms with van der Waals surface area (Å²) in [5, 5.41) is 0.713. The number of carbonyl (C=O) groups excluding carboxylic acids is 1. The highest BCUT2D eigenvalue weighted by Crippen LogP contribution is 2.11. The summed E-state index contributed by atoms with van der Waals surface area (Å²) in [6.07, 6.45) is 4.22. The van der Waals surface area contributed by atoms with Crippen molar-refractivity contribution >= 4 is 23.5 Å². The standard InChI is InChI=1S/C11H11ClO/c1-9(13)4-2-5-10-6-3-7-11(12)8-10/h2-3,5-8H,4H2,1H3/b5-2+. The van der Waals surface area contributed by atoms with Gasteiger partial charge in [-0.3, -0.25) is 4.79 Å². The average molecular weight is 195 g/mol. The normalized spacial score (nSPS) is 10.6. The van der Waals surface area contributed by atoms with E-state index in [2.05, 4.69) is 0 Å².